The number of nitrogens with two attached hydrogens (primary N) is 2. The number of nitrogens with zero attached hydrogens (tertiary/aromatic N) is 7. The van der Waals surface area contributed by atoms with Gasteiger partial charge in [-0.05, 0) is 12.2 Å². The molecule has 254 valence electrons. The number of phosphoric ester groups is 1. The molecule has 7 rings (SSSR count). The van der Waals surface area contributed by atoms with E-state index in [2.05, 4.69) is 54.8 Å². The van der Waals surface area contributed by atoms with Crippen molar-refractivity contribution in [3.8, 4) is 0 Å². The minimum Gasteiger partial charge on any atom is -0.386 e. The molecule has 0 radical (unpaired) electrons. The van der Waals surface area contributed by atoms with Gasteiger partial charge in [0.1, 0.15) is 36.3 Å². The number of fused-ring (bicyclic) bond motifs is 5. The highest BCUT2D eigenvalue weighted by Crippen LogP contribution is 2.58. The van der Waals surface area contributed by atoms with Gasteiger partial charge in [-0.25, -0.2) is 29.1 Å². The van der Waals surface area contributed by atoms with Crippen LogP contribution >= 0.6 is 39.5 Å². The number of nitrogens with one attached hydrogen (secondary N) is 1. The average Bonchev–Trinajstić information content (AvgIpc) is 3.76. The van der Waals surface area contributed by atoms with E-state index in [-0.39, 0.29) is 46.3 Å². The lowest BCUT2D eigenvalue weighted by Crippen LogP contribution is -2.36. The van der Waals surface area contributed by atoms with Crippen molar-refractivity contribution >= 4 is 73.6 Å². The van der Waals surface area contributed by atoms with E-state index < -0.39 is 82.3 Å². The van der Waals surface area contributed by atoms with Crippen LogP contribution < -0.4 is 17.0 Å². The Morgan fingerprint density at radius 3 is 2.43 bits per heavy atom. The fourth-order valence-electron chi connectivity index (χ4n) is 5.90. The maximum Gasteiger partial charge on any atom is 0.472 e. The summed E-state index contributed by atoms with van der Waals surface area (Å²) in [7, 11) is -4.96. The van der Waals surface area contributed by atoms with Gasteiger partial charge < -0.3 is 30.9 Å². The third kappa shape index (κ3) is 6.08. The van der Waals surface area contributed by atoms with Gasteiger partial charge in [0.25, 0.3) is 5.56 Å². The Bertz CT molecular complexity index is 1980. The number of H-pyrrole nitrogens is 1. The van der Waals surface area contributed by atoms with E-state index in [9.17, 15) is 23.9 Å². The van der Waals surface area contributed by atoms with Gasteiger partial charge in [-0.3, -0.25) is 37.0 Å². The second kappa shape index (κ2) is 12.3. The number of aromatic nitrogens is 8. The van der Waals surface area contributed by atoms with Gasteiger partial charge in [0.15, 0.2) is 35.1 Å². The summed E-state index contributed by atoms with van der Waals surface area (Å²) in [6.07, 6.45) is -4.99. The maximum atomic E-state index is 13.6. The number of hydrogen-bond acceptors (Lipinski definition) is 18. The average molecular weight is 735 g/mol. The molecule has 3 aliphatic heterocycles. The van der Waals surface area contributed by atoms with Crippen molar-refractivity contribution in [3.05, 3.63) is 29.3 Å². The number of aliphatic hydroxyl groups is 1. The van der Waals surface area contributed by atoms with Crippen LogP contribution in [-0.2, 0) is 36.7 Å². The molecule has 0 saturated carbocycles. The van der Waals surface area contributed by atoms with Crippen LogP contribution in [0.2, 0.25) is 0 Å². The largest absolute Gasteiger partial charge is 0.472 e. The molecule has 3 saturated heterocycles. The van der Waals surface area contributed by atoms with Crippen molar-refractivity contribution in [2.75, 3.05) is 30.4 Å². The first kappa shape index (κ1) is 32.9. The number of nitrogen functional groups attached to an aromatic ring is 2. The highest BCUT2D eigenvalue weighted by atomic mass is 32.7. The minimum atomic E-state index is -4.96. The molecule has 0 spiro atoms. The Hall–Kier alpha value is -2.66. The zero-order valence-corrected chi connectivity index (χ0v) is 27.4. The summed E-state index contributed by atoms with van der Waals surface area (Å²) < 4.78 is 64.4. The van der Waals surface area contributed by atoms with Crippen molar-refractivity contribution in [3.63, 3.8) is 0 Å². The number of thiol groups is 2. The first-order valence-corrected chi connectivity index (χ1v) is 18.7. The van der Waals surface area contributed by atoms with Crippen molar-refractivity contribution in [1.82, 2.24) is 39.0 Å². The quantitative estimate of drug-likeness (QED) is 0.109. The number of anilines is 2. The number of phosphoric acid groups is 1. The first-order valence-electron chi connectivity index (χ1n) is 13.9. The first-order chi connectivity index (χ1) is 22.4. The van der Waals surface area contributed by atoms with Crippen LogP contribution in [0.4, 0.5) is 11.8 Å². The second-order valence-corrected chi connectivity index (χ2v) is 15.6. The van der Waals surface area contributed by atoms with E-state index >= 15 is 0 Å². The van der Waals surface area contributed by atoms with Gasteiger partial charge in [-0.2, -0.15) is 17.6 Å². The lowest BCUT2D eigenvalue weighted by atomic mass is 9.95. The van der Waals surface area contributed by atoms with Crippen LogP contribution in [0, 0.1) is 5.92 Å². The number of hydrogen-bond donors (Lipinski definition) is 7. The summed E-state index contributed by atoms with van der Waals surface area (Å²) in [6.45, 7) is -5.40. The Morgan fingerprint density at radius 1 is 0.957 bits per heavy atom. The molecule has 4 aromatic heterocycles. The Labute approximate surface area is 274 Å². The molecule has 47 heavy (non-hydrogen) atoms. The summed E-state index contributed by atoms with van der Waals surface area (Å²) >= 11 is 8.45. The van der Waals surface area contributed by atoms with Crippen molar-refractivity contribution in [1.29, 1.82) is 0 Å². The fraction of sp³-hybridized carbons (Fsp3) is 0.545. The standard InChI is InChI=1S/C22H28N10O11P2S2/c23-16-11-17(26-5-25-16)31(6-27-11)20-13(33)15-10(41-20)4-38-44(35,36)42-14-8(1-2-46)9(3-39-45(37,47)43-15)40-21(14)32-7-28-12-18(32)29-22(24)30-19(12)34/h5-10,13-15,20-21,33,46H,1-4H2,(H,35,36)(H,37,47)(H2,23,25,26)(H3,24,29,30,34)/t8?,9-,10-,13?,14?,15?,20-,21-,45?/m1/s1. The second-order valence-electron chi connectivity index (χ2n) is 10.8. The molecule has 7 heterocycles. The summed E-state index contributed by atoms with van der Waals surface area (Å²) in [5.74, 6) is -0.550. The lowest BCUT2D eigenvalue weighted by molar-refractivity contribution is -0.0636. The molecular weight excluding hydrogens is 706 g/mol. The SMILES string of the molecule is Nc1nc2c(ncn2[C@@H]2O[C@@H]3COP(=O)(S)OC4C(O)[C@H](n5cnc6c(N)ncnc65)O[C@@H]4COP(=O)(O)OC2C3CCS)c(=O)[nH]1. The maximum absolute atomic E-state index is 13.6. The van der Waals surface area contributed by atoms with E-state index in [1.165, 1.54) is 28.1 Å². The Kier molecular flexibility index (Phi) is 8.63. The van der Waals surface area contributed by atoms with Crippen LogP contribution in [0.1, 0.15) is 18.9 Å². The number of aliphatic hydroxyl groups excluding tert-OH is 1. The Balaban J connectivity index is 1.23. The highest BCUT2D eigenvalue weighted by molar-refractivity contribution is 8.44. The third-order valence-corrected chi connectivity index (χ3v) is 10.8. The van der Waals surface area contributed by atoms with Crippen LogP contribution in [0.25, 0.3) is 22.3 Å². The number of imidazole rings is 2. The molecule has 10 atom stereocenters. The topological polar surface area (TPSA) is 289 Å². The fourth-order valence-corrected chi connectivity index (χ4v) is 8.65. The van der Waals surface area contributed by atoms with Gasteiger partial charge in [-0.15, -0.1) is 0 Å². The van der Waals surface area contributed by atoms with Crippen LogP contribution in [0.3, 0.4) is 0 Å². The van der Waals surface area contributed by atoms with Crippen LogP contribution in [0.5, 0.6) is 0 Å². The van der Waals surface area contributed by atoms with Crippen molar-refractivity contribution in [2.45, 2.75) is 49.4 Å². The Morgan fingerprint density at radius 2 is 1.66 bits per heavy atom. The van der Waals surface area contributed by atoms with E-state index in [0.29, 0.717) is 0 Å². The molecule has 25 heteroatoms. The van der Waals surface area contributed by atoms with Gasteiger partial charge in [0, 0.05) is 5.92 Å². The zero-order chi connectivity index (χ0) is 33.2. The molecule has 7 N–H and O–H groups in total. The van der Waals surface area contributed by atoms with Crippen LogP contribution in [0.15, 0.2) is 23.8 Å². The lowest BCUT2D eigenvalue weighted by Gasteiger charge is -2.26. The normalized spacial score (nSPS) is 36.6. The molecule has 6 unspecified atom stereocenters. The van der Waals surface area contributed by atoms with Crippen molar-refractivity contribution in [2.24, 2.45) is 5.92 Å². The molecule has 2 bridgehead atoms. The van der Waals surface area contributed by atoms with Crippen LogP contribution in [-0.4, -0.2) is 98.5 Å². The number of rotatable bonds is 4. The molecule has 0 aliphatic carbocycles. The summed E-state index contributed by atoms with van der Waals surface area (Å²) in [6, 6.07) is 0. The summed E-state index contributed by atoms with van der Waals surface area (Å²) in [5, 5.41) is 11.3. The molecule has 21 nitrogen and oxygen atoms in total. The molecule has 3 aliphatic rings. The summed E-state index contributed by atoms with van der Waals surface area (Å²) in [4.78, 5) is 46.2. The molecule has 0 aromatic carbocycles. The van der Waals surface area contributed by atoms with E-state index in [0.717, 1.165) is 0 Å². The van der Waals surface area contributed by atoms with Crippen molar-refractivity contribution < 1.29 is 46.7 Å². The van der Waals surface area contributed by atoms with Gasteiger partial charge in [0.05, 0.1) is 32.0 Å². The van der Waals surface area contributed by atoms with E-state index in [1.54, 1.807) is 0 Å². The van der Waals surface area contributed by atoms with E-state index in [4.69, 9.17) is 39.0 Å². The van der Waals surface area contributed by atoms with Gasteiger partial charge in [0.2, 0.25) is 5.95 Å². The molecule has 3 fully saturated rings. The predicted molar refractivity (Wildman–Crippen MR) is 166 cm³/mol. The number of aromatic amines is 1. The predicted octanol–water partition coefficient (Wildman–Crippen LogP) is 0.171. The van der Waals surface area contributed by atoms with Gasteiger partial charge in [-0.1, -0.05) is 12.2 Å². The summed E-state index contributed by atoms with van der Waals surface area (Å²) in [5.41, 5.74) is 11.4. The van der Waals surface area contributed by atoms with Gasteiger partial charge >= 0.3 is 14.6 Å². The zero-order valence-electron chi connectivity index (χ0n) is 23.8. The smallest absolute Gasteiger partial charge is 0.386 e. The highest BCUT2D eigenvalue weighted by Gasteiger charge is 2.53. The minimum absolute atomic E-state index is 0.00956. The molecule has 4 aromatic rings. The third-order valence-electron chi connectivity index (χ3n) is 7.97. The monoisotopic (exact) mass is 734 g/mol. The number of ether oxygens (including phenoxy) is 2. The van der Waals surface area contributed by atoms with E-state index in [1.807, 2.05) is 0 Å². The molecular formula is C22H28N10O11P2S2. The molecule has 0 amide bonds.